The molecule has 1 fully saturated rings. The van der Waals surface area contributed by atoms with Crippen LogP contribution in [0.25, 0.3) is 0 Å². The fourth-order valence-electron chi connectivity index (χ4n) is 2.95. The molecule has 0 aliphatic heterocycles. The van der Waals surface area contributed by atoms with Crippen LogP contribution in [0.5, 0.6) is 11.5 Å². The molecule has 1 unspecified atom stereocenters. The van der Waals surface area contributed by atoms with Crippen LogP contribution in [0.4, 0.5) is 5.82 Å². The third kappa shape index (κ3) is 4.56. The molecule has 6 nitrogen and oxygen atoms in total. The van der Waals surface area contributed by atoms with E-state index < -0.39 is 0 Å². The van der Waals surface area contributed by atoms with Gasteiger partial charge in [0.05, 0.1) is 31.0 Å². The van der Waals surface area contributed by atoms with E-state index in [-0.39, 0.29) is 11.9 Å². The summed E-state index contributed by atoms with van der Waals surface area (Å²) in [5.74, 6) is 2.28. The molecule has 2 aromatic rings. The number of hydrogen-bond donors (Lipinski definition) is 1. The fraction of sp³-hybridized carbons (Fsp3) is 0.500. The van der Waals surface area contributed by atoms with Crippen LogP contribution < -0.4 is 14.8 Å². The Morgan fingerprint density at radius 3 is 2.74 bits per heavy atom. The van der Waals surface area contributed by atoms with Gasteiger partial charge in [-0.3, -0.25) is 4.79 Å². The summed E-state index contributed by atoms with van der Waals surface area (Å²) in [6.07, 6.45) is 4.11. The van der Waals surface area contributed by atoms with E-state index in [1.54, 1.807) is 24.4 Å². The molecule has 1 aromatic heterocycles. The number of amides is 1. The first kappa shape index (κ1) is 19.5. The van der Waals surface area contributed by atoms with Crippen molar-refractivity contribution in [3.05, 3.63) is 35.0 Å². The van der Waals surface area contributed by atoms with Gasteiger partial charge in [0.1, 0.15) is 5.82 Å². The molecule has 1 N–H and O–H groups in total. The standard InChI is InChI=1S/C20H26ClN3O3/c1-12(2)11-27-19-16(21)9-15(10-17(19)26-4)20(25)23-18-7-8-22-24(18)13(3)14-5-6-14/h7-10,12-14H,5-6,11H2,1-4H3,(H,23,25). The maximum absolute atomic E-state index is 12.8. The van der Waals surface area contributed by atoms with Crippen LogP contribution in [0.1, 0.15) is 50.0 Å². The number of ether oxygens (including phenoxy) is 2. The average Bonchev–Trinajstić information content (AvgIpc) is 3.38. The van der Waals surface area contributed by atoms with E-state index in [4.69, 9.17) is 21.1 Å². The Labute approximate surface area is 164 Å². The van der Waals surface area contributed by atoms with Crippen LogP contribution in [0.2, 0.25) is 5.02 Å². The van der Waals surface area contributed by atoms with Crippen molar-refractivity contribution in [2.75, 3.05) is 19.0 Å². The van der Waals surface area contributed by atoms with E-state index in [0.29, 0.717) is 46.3 Å². The van der Waals surface area contributed by atoms with Crippen molar-refractivity contribution in [1.29, 1.82) is 0 Å². The Kier molecular flexibility index (Phi) is 5.95. The molecule has 27 heavy (non-hydrogen) atoms. The summed E-state index contributed by atoms with van der Waals surface area (Å²) in [4.78, 5) is 12.8. The number of rotatable bonds is 8. The maximum atomic E-state index is 12.8. The van der Waals surface area contributed by atoms with Gasteiger partial charge in [-0.2, -0.15) is 5.10 Å². The number of benzene rings is 1. The lowest BCUT2D eigenvalue weighted by Gasteiger charge is -2.17. The smallest absolute Gasteiger partial charge is 0.257 e. The molecule has 3 rings (SSSR count). The lowest BCUT2D eigenvalue weighted by atomic mass is 10.1. The minimum atomic E-state index is -0.268. The molecular formula is C20H26ClN3O3. The molecule has 7 heteroatoms. The minimum Gasteiger partial charge on any atom is -0.493 e. The van der Waals surface area contributed by atoms with Gasteiger partial charge in [-0.05, 0) is 43.7 Å². The molecule has 1 atom stereocenters. The van der Waals surface area contributed by atoms with Crippen molar-refractivity contribution < 1.29 is 14.3 Å². The van der Waals surface area contributed by atoms with Crippen LogP contribution in [0.3, 0.4) is 0 Å². The zero-order valence-electron chi connectivity index (χ0n) is 16.2. The Morgan fingerprint density at radius 1 is 1.37 bits per heavy atom. The molecule has 0 bridgehead atoms. The molecule has 1 heterocycles. The van der Waals surface area contributed by atoms with Crippen LogP contribution in [0, 0.1) is 11.8 Å². The lowest BCUT2D eigenvalue weighted by molar-refractivity contribution is 0.102. The first-order valence-corrected chi connectivity index (χ1v) is 9.63. The van der Waals surface area contributed by atoms with Gasteiger partial charge in [0.25, 0.3) is 5.91 Å². The first-order chi connectivity index (χ1) is 12.9. The molecule has 0 radical (unpaired) electrons. The van der Waals surface area contributed by atoms with Crippen molar-refractivity contribution in [1.82, 2.24) is 9.78 Å². The predicted molar refractivity (Wildman–Crippen MR) is 106 cm³/mol. The molecule has 0 spiro atoms. The summed E-state index contributed by atoms with van der Waals surface area (Å²) in [6.45, 7) is 6.74. The number of nitrogens with zero attached hydrogens (tertiary/aromatic N) is 2. The number of carbonyl (C=O) groups excluding carboxylic acids is 1. The summed E-state index contributed by atoms with van der Waals surface area (Å²) < 4.78 is 13.0. The van der Waals surface area contributed by atoms with E-state index in [1.807, 2.05) is 18.5 Å². The number of nitrogens with one attached hydrogen (secondary N) is 1. The quantitative estimate of drug-likeness (QED) is 0.701. The van der Waals surface area contributed by atoms with Gasteiger partial charge in [-0.15, -0.1) is 0 Å². The van der Waals surface area contributed by atoms with Gasteiger partial charge in [0, 0.05) is 11.6 Å². The van der Waals surface area contributed by atoms with Crippen molar-refractivity contribution >= 4 is 23.3 Å². The molecule has 146 valence electrons. The number of methoxy groups -OCH3 is 1. The van der Waals surface area contributed by atoms with E-state index in [2.05, 4.69) is 17.3 Å². The summed E-state index contributed by atoms with van der Waals surface area (Å²) in [5, 5.41) is 7.63. The summed E-state index contributed by atoms with van der Waals surface area (Å²) >= 11 is 6.35. The number of aromatic nitrogens is 2. The van der Waals surface area contributed by atoms with Gasteiger partial charge in [0.2, 0.25) is 0 Å². The van der Waals surface area contributed by atoms with Crippen LogP contribution in [0.15, 0.2) is 24.4 Å². The number of hydrogen-bond acceptors (Lipinski definition) is 4. The number of anilines is 1. The highest BCUT2D eigenvalue weighted by atomic mass is 35.5. The Balaban J connectivity index is 1.79. The molecular weight excluding hydrogens is 366 g/mol. The van der Waals surface area contributed by atoms with Crippen molar-refractivity contribution in [3.63, 3.8) is 0 Å². The number of carbonyl (C=O) groups is 1. The summed E-state index contributed by atoms with van der Waals surface area (Å²) in [7, 11) is 1.53. The topological polar surface area (TPSA) is 65.4 Å². The Bertz CT molecular complexity index is 815. The highest BCUT2D eigenvalue weighted by Gasteiger charge is 2.31. The molecule has 0 saturated heterocycles. The SMILES string of the molecule is COc1cc(C(=O)Nc2ccnn2C(C)C2CC2)cc(Cl)c1OCC(C)C. The van der Waals surface area contributed by atoms with E-state index in [1.165, 1.54) is 20.0 Å². The molecule has 1 aliphatic carbocycles. The average molecular weight is 392 g/mol. The van der Waals surface area contributed by atoms with E-state index >= 15 is 0 Å². The Morgan fingerprint density at radius 2 is 2.11 bits per heavy atom. The third-order valence-electron chi connectivity index (χ3n) is 4.65. The van der Waals surface area contributed by atoms with Gasteiger partial charge >= 0.3 is 0 Å². The zero-order chi connectivity index (χ0) is 19.6. The molecule has 1 aromatic carbocycles. The van der Waals surface area contributed by atoms with E-state index in [0.717, 1.165) is 0 Å². The van der Waals surface area contributed by atoms with Gasteiger partial charge < -0.3 is 14.8 Å². The minimum absolute atomic E-state index is 0.264. The first-order valence-electron chi connectivity index (χ1n) is 9.26. The van der Waals surface area contributed by atoms with Gasteiger partial charge in [-0.1, -0.05) is 25.4 Å². The summed E-state index contributed by atoms with van der Waals surface area (Å²) in [5.41, 5.74) is 0.403. The van der Waals surface area contributed by atoms with Gasteiger partial charge in [0.15, 0.2) is 11.5 Å². The lowest BCUT2D eigenvalue weighted by Crippen LogP contribution is -2.18. The second-order valence-corrected chi connectivity index (χ2v) is 7.79. The molecule has 1 aliphatic rings. The number of halogens is 1. The third-order valence-corrected chi connectivity index (χ3v) is 4.94. The molecule has 1 saturated carbocycles. The van der Waals surface area contributed by atoms with E-state index in [9.17, 15) is 4.79 Å². The Hall–Kier alpha value is -2.21. The van der Waals surface area contributed by atoms with Gasteiger partial charge in [-0.25, -0.2) is 4.68 Å². The predicted octanol–water partition coefficient (Wildman–Crippen LogP) is 4.80. The second kappa shape index (κ2) is 8.21. The zero-order valence-corrected chi connectivity index (χ0v) is 16.9. The van der Waals surface area contributed by atoms with Crippen LogP contribution >= 0.6 is 11.6 Å². The van der Waals surface area contributed by atoms with Crippen molar-refractivity contribution in [2.24, 2.45) is 11.8 Å². The maximum Gasteiger partial charge on any atom is 0.257 e. The van der Waals surface area contributed by atoms with Crippen molar-refractivity contribution in [2.45, 2.75) is 39.7 Å². The normalized spacial score (nSPS) is 14.9. The fourth-order valence-corrected chi connectivity index (χ4v) is 3.21. The highest BCUT2D eigenvalue weighted by molar-refractivity contribution is 6.32. The summed E-state index contributed by atoms with van der Waals surface area (Å²) in [6, 6.07) is 5.30. The highest BCUT2D eigenvalue weighted by Crippen LogP contribution is 2.40. The van der Waals surface area contributed by atoms with Crippen molar-refractivity contribution in [3.8, 4) is 11.5 Å². The van der Waals surface area contributed by atoms with Crippen LogP contribution in [-0.2, 0) is 0 Å². The molecule has 1 amide bonds. The van der Waals surface area contributed by atoms with Crippen LogP contribution in [-0.4, -0.2) is 29.4 Å². The second-order valence-electron chi connectivity index (χ2n) is 7.39. The largest absolute Gasteiger partial charge is 0.493 e. The monoisotopic (exact) mass is 391 g/mol.